The van der Waals surface area contributed by atoms with Crippen molar-refractivity contribution >= 4 is 22.5 Å². The third-order valence-electron chi connectivity index (χ3n) is 4.41. The molecule has 3 heteroatoms. The summed E-state index contributed by atoms with van der Waals surface area (Å²) in [5, 5.41) is 1.11. The van der Waals surface area contributed by atoms with Gasteiger partial charge in [0, 0.05) is 5.39 Å². The molecular weight excluding hydrogens is 306 g/mol. The largest absolute Gasteiger partial charge is 0.469 e. The highest BCUT2D eigenvalue weighted by Gasteiger charge is 2.14. The maximum Gasteiger partial charge on any atom is 0.214 e. The van der Waals surface area contributed by atoms with Crippen LogP contribution in [0.5, 0.6) is 5.75 Å². The summed E-state index contributed by atoms with van der Waals surface area (Å²) >= 11 is 6.44. The molecule has 0 aliphatic heterocycles. The van der Waals surface area contributed by atoms with E-state index in [9.17, 15) is 0 Å². The van der Waals surface area contributed by atoms with E-state index < -0.39 is 5.56 Å². The molecule has 4 rings (SSSR count). The van der Waals surface area contributed by atoms with E-state index in [-0.39, 0.29) is 0 Å². The number of para-hydroxylation sites is 1. The number of hydrogen-bond donors (Lipinski definition) is 0. The first-order valence-electron chi connectivity index (χ1n) is 8.08. The van der Waals surface area contributed by atoms with Crippen LogP contribution in [0.3, 0.4) is 0 Å². The summed E-state index contributed by atoms with van der Waals surface area (Å²) < 4.78 is 5.92. The minimum Gasteiger partial charge on any atom is -0.469 e. The lowest BCUT2D eigenvalue weighted by Crippen LogP contribution is -2.06. The average Bonchev–Trinajstić information content (AvgIpc) is 2.61. The van der Waals surface area contributed by atoms with Crippen LogP contribution in [0.15, 0.2) is 54.6 Å². The van der Waals surface area contributed by atoms with Gasteiger partial charge in [-0.1, -0.05) is 41.9 Å². The number of benzene rings is 2. The smallest absolute Gasteiger partial charge is 0.214 e. The van der Waals surface area contributed by atoms with Gasteiger partial charge in [0.25, 0.3) is 0 Å². The SMILES string of the molecule is ClC(Oc1ccc2c(c1)CCCC2)c1ccc2ccccc2n1. The molecule has 1 heterocycles. The molecule has 0 fully saturated rings. The number of aryl methyl sites for hydroxylation is 2. The Hall–Kier alpha value is -2.06. The third kappa shape index (κ3) is 3.04. The van der Waals surface area contributed by atoms with Gasteiger partial charge in [-0.05, 0) is 61.1 Å². The molecule has 116 valence electrons. The molecule has 0 amide bonds. The van der Waals surface area contributed by atoms with Crippen molar-refractivity contribution in [2.45, 2.75) is 31.2 Å². The first kappa shape index (κ1) is 14.5. The molecule has 0 spiro atoms. The predicted molar refractivity (Wildman–Crippen MR) is 94.0 cm³/mol. The third-order valence-corrected chi connectivity index (χ3v) is 4.72. The fraction of sp³-hybridized carbons (Fsp3) is 0.250. The molecule has 0 bridgehead atoms. The molecule has 0 saturated heterocycles. The number of rotatable bonds is 3. The van der Waals surface area contributed by atoms with Gasteiger partial charge in [0.05, 0.1) is 11.2 Å². The number of hydrogen-bond acceptors (Lipinski definition) is 2. The number of fused-ring (bicyclic) bond motifs is 2. The molecular formula is C20H18ClNO. The molecule has 1 aliphatic rings. The second kappa shape index (κ2) is 6.21. The van der Waals surface area contributed by atoms with Crippen LogP contribution in [-0.2, 0) is 12.8 Å². The molecule has 3 aromatic rings. The molecule has 23 heavy (non-hydrogen) atoms. The fourth-order valence-electron chi connectivity index (χ4n) is 3.17. The van der Waals surface area contributed by atoms with Gasteiger partial charge >= 0.3 is 0 Å². The molecule has 0 saturated carbocycles. The lowest BCUT2D eigenvalue weighted by Gasteiger charge is -2.18. The minimum absolute atomic E-state index is 0.582. The lowest BCUT2D eigenvalue weighted by atomic mass is 9.92. The van der Waals surface area contributed by atoms with Crippen molar-refractivity contribution in [3.63, 3.8) is 0 Å². The van der Waals surface area contributed by atoms with Crippen LogP contribution in [0, 0.1) is 0 Å². The van der Waals surface area contributed by atoms with E-state index in [1.165, 1.54) is 30.4 Å². The van der Waals surface area contributed by atoms with Crippen molar-refractivity contribution in [1.29, 1.82) is 0 Å². The Morgan fingerprint density at radius 2 is 1.74 bits per heavy atom. The monoisotopic (exact) mass is 323 g/mol. The molecule has 1 aliphatic carbocycles. The van der Waals surface area contributed by atoms with Crippen LogP contribution < -0.4 is 4.74 Å². The molecule has 1 aromatic heterocycles. The number of alkyl halides is 1. The van der Waals surface area contributed by atoms with Gasteiger partial charge in [-0.25, -0.2) is 4.98 Å². The Bertz CT molecular complexity index is 846. The maximum atomic E-state index is 6.44. The molecule has 1 unspecified atom stereocenters. The zero-order chi connectivity index (χ0) is 15.6. The van der Waals surface area contributed by atoms with E-state index in [2.05, 4.69) is 17.1 Å². The average molecular weight is 324 g/mol. The van der Waals surface area contributed by atoms with Crippen molar-refractivity contribution in [3.8, 4) is 5.75 Å². The summed E-state index contributed by atoms with van der Waals surface area (Å²) in [6, 6.07) is 18.3. The standard InChI is InChI=1S/C20H18ClNO/c21-20(19-12-10-15-6-3-4-8-18(15)22-19)23-17-11-9-14-5-1-2-7-16(14)13-17/h3-4,6,8-13,20H,1-2,5,7H2. The first-order valence-corrected chi connectivity index (χ1v) is 8.51. The van der Waals surface area contributed by atoms with Gasteiger partial charge in [0.2, 0.25) is 5.56 Å². The van der Waals surface area contributed by atoms with Crippen LogP contribution in [0.1, 0.15) is 35.2 Å². The van der Waals surface area contributed by atoms with Crippen LogP contribution in [-0.4, -0.2) is 4.98 Å². The number of aromatic nitrogens is 1. The second-order valence-corrected chi connectivity index (χ2v) is 6.40. The Labute approximate surface area is 141 Å². The molecule has 0 radical (unpaired) electrons. The van der Waals surface area contributed by atoms with Crippen molar-refractivity contribution < 1.29 is 4.74 Å². The van der Waals surface area contributed by atoms with Crippen molar-refractivity contribution in [1.82, 2.24) is 4.98 Å². The summed E-state index contributed by atoms with van der Waals surface area (Å²) in [5.41, 5.74) is 3.93. The van der Waals surface area contributed by atoms with E-state index in [4.69, 9.17) is 16.3 Å². The number of pyridine rings is 1. The quantitative estimate of drug-likeness (QED) is 0.599. The molecule has 0 N–H and O–H groups in total. The topological polar surface area (TPSA) is 22.1 Å². The van der Waals surface area contributed by atoms with E-state index in [0.29, 0.717) is 0 Å². The summed E-state index contributed by atoms with van der Waals surface area (Å²) in [6.45, 7) is 0. The summed E-state index contributed by atoms with van der Waals surface area (Å²) in [5.74, 6) is 0.820. The number of halogens is 1. The van der Waals surface area contributed by atoms with E-state index >= 15 is 0 Å². The minimum atomic E-state index is -0.582. The second-order valence-electron chi connectivity index (χ2n) is 6.00. The number of ether oxygens (including phenoxy) is 1. The van der Waals surface area contributed by atoms with E-state index in [1.807, 2.05) is 42.5 Å². The highest BCUT2D eigenvalue weighted by atomic mass is 35.5. The van der Waals surface area contributed by atoms with Crippen LogP contribution >= 0.6 is 11.6 Å². The van der Waals surface area contributed by atoms with Crippen LogP contribution in [0.4, 0.5) is 0 Å². The van der Waals surface area contributed by atoms with Crippen LogP contribution in [0.2, 0.25) is 0 Å². The van der Waals surface area contributed by atoms with Gasteiger partial charge in [0.15, 0.2) is 0 Å². The van der Waals surface area contributed by atoms with Crippen molar-refractivity contribution in [2.24, 2.45) is 0 Å². The zero-order valence-corrected chi connectivity index (χ0v) is 13.6. The van der Waals surface area contributed by atoms with E-state index in [1.54, 1.807) is 0 Å². The van der Waals surface area contributed by atoms with E-state index in [0.717, 1.165) is 28.8 Å². The van der Waals surface area contributed by atoms with Gasteiger partial charge in [-0.3, -0.25) is 0 Å². The lowest BCUT2D eigenvalue weighted by molar-refractivity contribution is 0.283. The number of nitrogens with zero attached hydrogens (tertiary/aromatic N) is 1. The summed E-state index contributed by atoms with van der Waals surface area (Å²) in [6.07, 6.45) is 4.85. The molecule has 2 nitrogen and oxygen atoms in total. The Morgan fingerprint density at radius 1 is 0.913 bits per heavy atom. The maximum absolute atomic E-state index is 6.44. The summed E-state index contributed by atoms with van der Waals surface area (Å²) in [7, 11) is 0. The highest BCUT2D eigenvalue weighted by Crippen LogP contribution is 2.30. The Balaban J connectivity index is 1.57. The summed E-state index contributed by atoms with van der Waals surface area (Å²) in [4.78, 5) is 4.60. The fourth-order valence-corrected chi connectivity index (χ4v) is 3.40. The molecule has 1 atom stereocenters. The van der Waals surface area contributed by atoms with Gasteiger partial charge in [0.1, 0.15) is 5.75 Å². The van der Waals surface area contributed by atoms with Crippen molar-refractivity contribution in [2.75, 3.05) is 0 Å². The van der Waals surface area contributed by atoms with Gasteiger partial charge < -0.3 is 4.74 Å². The van der Waals surface area contributed by atoms with Gasteiger partial charge in [-0.2, -0.15) is 0 Å². The van der Waals surface area contributed by atoms with Gasteiger partial charge in [-0.15, -0.1) is 0 Å². The normalized spacial score (nSPS) is 15.2. The van der Waals surface area contributed by atoms with Crippen molar-refractivity contribution in [3.05, 3.63) is 71.4 Å². The Kier molecular flexibility index (Phi) is 3.92. The highest BCUT2D eigenvalue weighted by molar-refractivity contribution is 6.20. The first-order chi connectivity index (χ1) is 11.3. The predicted octanol–water partition coefficient (Wildman–Crippen LogP) is 5.43. The zero-order valence-electron chi connectivity index (χ0n) is 12.8. The Morgan fingerprint density at radius 3 is 2.65 bits per heavy atom. The molecule has 2 aromatic carbocycles. The van der Waals surface area contributed by atoms with Crippen LogP contribution in [0.25, 0.3) is 10.9 Å².